The fourth-order valence-electron chi connectivity index (χ4n) is 1.60. The normalized spacial score (nSPS) is 12.2. The molecule has 16 heavy (non-hydrogen) atoms. The lowest BCUT2D eigenvalue weighted by Gasteiger charge is -2.16. The molecule has 0 aromatic carbocycles. The summed E-state index contributed by atoms with van der Waals surface area (Å²) in [4.78, 5) is 8.21. The molecule has 1 atom stereocenters. The molecule has 3 N–H and O–H groups in total. The molecule has 0 bridgehead atoms. The van der Waals surface area contributed by atoms with Gasteiger partial charge in [0.15, 0.2) is 0 Å². The highest BCUT2D eigenvalue weighted by Crippen LogP contribution is 2.23. The Balaban J connectivity index is 2.86. The molecule has 0 aliphatic carbocycles. The molecule has 5 nitrogen and oxygen atoms in total. The van der Waals surface area contributed by atoms with E-state index in [2.05, 4.69) is 22.3 Å². The predicted molar refractivity (Wildman–Crippen MR) is 64.2 cm³/mol. The Hall–Kier alpha value is -1.36. The minimum absolute atomic E-state index is 0.163. The number of aromatic nitrogens is 2. The lowest BCUT2D eigenvalue weighted by atomic mass is 10.2. The van der Waals surface area contributed by atoms with Crippen molar-refractivity contribution < 1.29 is 4.74 Å². The van der Waals surface area contributed by atoms with Crippen LogP contribution in [0.5, 0.6) is 5.88 Å². The Morgan fingerprint density at radius 1 is 1.44 bits per heavy atom. The SMILES string of the molecule is CCCC(C)Oc1ncnc(NN)c1CC. The van der Waals surface area contributed by atoms with Crippen LogP contribution in [0.15, 0.2) is 6.33 Å². The third-order valence-corrected chi connectivity index (χ3v) is 2.40. The third kappa shape index (κ3) is 3.06. The molecule has 1 unspecified atom stereocenters. The minimum atomic E-state index is 0.163. The Morgan fingerprint density at radius 2 is 2.19 bits per heavy atom. The van der Waals surface area contributed by atoms with Crippen LogP contribution < -0.4 is 16.0 Å². The van der Waals surface area contributed by atoms with E-state index in [9.17, 15) is 0 Å². The standard InChI is InChI=1S/C11H20N4O/c1-4-6-8(3)16-11-9(5-2)10(15-12)13-7-14-11/h7-8H,4-6,12H2,1-3H3,(H,13,14,15). The highest BCUT2D eigenvalue weighted by molar-refractivity contribution is 5.47. The number of nitrogens with one attached hydrogen (secondary N) is 1. The fourth-order valence-corrected chi connectivity index (χ4v) is 1.60. The average molecular weight is 224 g/mol. The number of nitrogen functional groups attached to an aromatic ring is 1. The number of hydrogen-bond donors (Lipinski definition) is 2. The van der Waals surface area contributed by atoms with E-state index in [-0.39, 0.29) is 6.10 Å². The van der Waals surface area contributed by atoms with Crippen LogP contribution in [-0.2, 0) is 6.42 Å². The molecule has 1 heterocycles. The van der Waals surface area contributed by atoms with Gasteiger partial charge in [-0.3, -0.25) is 0 Å². The third-order valence-electron chi connectivity index (χ3n) is 2.40. The highest BCUT2D eigenvalue weighted by Gasteiger charge is 2.12. The van der Waals surface area contributed by atoms with E-state index in [1.165, 1.54) is 6.33 Å². The number of nitrogens with zero attached hydrogens (tertiary/aromatic N) is 2. The molecule has 1 rings (SSSR count). The summed E-state index contributed by atoms with van der Waals surface area (Å²) in [6, 6.07) is 0. The van der Waals surface area contributed by atoms with Gasteiger partial charge in [-0.25, -0.2) is 15.8 Å². The van der Waals surface area contributed by atoms with Crippen molar-refractivity contribution in [2.24, 2.45) is 5.84 Å². The Labute approximate surface area is 96.4 Å². The van der Waals surface area contributed by atoms with E-state index in [1.54, 1.807) is 0 Å². The quantitative estimate of drug-likeness (QED) is 0.570. The Bertz CT molecular complexity index is 330. The summed E-state index contributed by atoms with van der Waals surface area (Å²) in [7, 11) is 0. The number of rotatable bonds is 6. The monoisotopic (exact) mass is 224 g/mol. The van der Waals surface area contributed by atoms with E-state index in [4.69, 9.17) is 10.6 Å². The molecule has 90 valence electrons. The van der Waals surface area contributed by atoms with Crippen LogP contribution in [0.3, 0.4) is 0 Å². The van der Waals surface area contributed by atoms with E-state index in [0.29, 0.717) is 11.7 Å². The molecule has 1 aromatic heterocycles. The average Bonchev–Trinajstić information content (AvgIpc) is 2.29. The van der Waals surface area contributed by atoms with E-state index < -0.39 is 0 Å². The van der Waals surface area contributed by atoms with Crippen LogP contribution in [0, 0.1) is 0 Å². The first-order valence-electron chi connectivity index (χ1n) is 5.70. The van der Waals surface area contributed by atoms with Crippen molar-refractivity contribution in [1.29, 1.82) is 0 Å². The van der Waals surface area contributed by atoms with Crippen LogP contribution in [0.4, 0.5) is 5.82 Å². The van der Waals surface area contributed by atoms with Crippen LogP contribution in [0.2, 0.25) is 0 Å². The summed E-state index contributed by atoms with van der Waals surface area (Å²) in [5, 5.41) is 0. The van der Waals surface area contributed by atoms with Gasteiger partial charge >= 0.3 is 0 Å². The Kier molecular flexibility index (Phi) is 4.98. The van der Waals surface area contributed by atoms with Crippen LogP contribution in [0.25, 0.3) is 0 Å². The van der Waals surface area contributed by atoms with Crippen molar-refractivity contribution in [1.82, 2.24) is 9.97 Å². The van der Waals surface area contributed by atoms with Crippen molar-refractivity contribution >= 4 is 5.82 Å². The Morgan fingerprint density at radius 3 is 2.75 bits per heavy atom. The summed E-state index contributed by atoms with van der Waals surface area (Å²) in [6.07, 6.45) is 4.52. The topological polar surface area (TPSA) is 73.1 Å². The van der Waals surface area contributed by atoms with Gasteiger partial charge in [0, 0.05) is 0 Å². The maximum atomic E-state index is 5.77. The second kappa shape index (κ2) is 6.27. The summed E-state index contributed by atoms with van der Waals surface area (Å²) < 4.78 is 5.77. The minimum Gasteiger partial charge on any atom is -0.474 e. The first kappa shape index (κ1) is 12.7. The molecule has 0 amide bonds. The lowest BCUT2D eigenvalue weighted by molar-refractivity contribution is 0.199. The predicted octanol–water partition coefficient (Wildman–Crippen LogP) is 1.89. The van der Waals surface area contributed by atoms with E-state index in [0.717, 1.165) is 24.8 Å². The molecule has 0 saturated carbocycles. The molecule has 1 aromatic rings. The van der Waals surface area contributed by atoms with Crippen molar-refractivity contribution in [3.05, 3.63) is 11.9 Å². The van der Waals surface area contributed by atoms with Crippen molar-refractivity contribution in [2.45, 2.75) is 46.1 Å². The van der Waals surface area contributed by atoms with Gasteiger partial charge in [-0.1, -0.05) is 20.3 Å². The maximum absolute atomic E-state index is 5.77. The molecule has 0 fully saturated rings. The van der Waals surface area contributed by atoms with Crippen LogP contribution >= 0.6 is 0 Å². The van der Waals surface area contributed by atoms with E-state index >= 15 is 0 Å². The zero-order chi connectivity index (χ0) is 12.0. The number of nitrogens with two attached hydrogens (primary N) is 1. The van der Waals surface area contributed by atoms with Crippen LogP contribution in [-0.4, -0.2) is 16.1 Å². The van der Waals surface area contributed by atoms with Gasteiger partial charge in [0.2, 0.25) is 5.88 Å². The molecule has 0 aliphatic rings. The number of hydrogen-bond acceptors (Lipinski definition) is 5. The zero-order valence-electron chi connectivity index (χ0n) is 10.2. The van der Waals surface area contributed by atoms with Gasteiger partial charge in [0.05, 0.1) is 11.7 Å². The molecule has 0 spiro atoms. The molecule has 5 heteroatoms. The maximum Gasteiger partial charge on any atom is 0.222 e. The van der Waals surface area contributed by atoms with Gasteiger partial charge in [-0.15, -0.1) is 0 Å². The zero-order valence-corrected chi connectivity index (χ0v) is 10.2. The molecule has 0 radical (unpaired) electrons. The van der Waals surface area contributed by atoms with Crippen molar-refractivity contribution in [3.63, 3.8) is 0 Å². The summed E-state index contributed by atoms with van der Waals surface area (Å²) in [5.41, 5.74) is 3.49. The smallest absolute Gasteiger partial charge is 0.222 e. The highest BCUT2D eigenvalue weighted by atomic mass is 16.5. The van der Waals surface area contributed by atoms with Crippen molar-refractivity contribution in [2.75, 3.05) is 5.43 Å². The second-order valence-corrected chi connectivity index (χ2v) is 3.72. The van der Waals surface area contributed by atoms with E-state index in [1.807, 2.05) is 13.8 Å². The number of hydrazine groups is 1. The van der Waals surface area contributed by atoms with Crippen molar-refractivity contribution in [3.8, 4) is 5.88 Å². The van der Waals surface area contributed by atoms with Gasteiger partial charge in [-0.2, -0.15) is 0 Å². The second-order valence-electron chi connectivity index (χ2n) is 3.72. The van der Waals surface area contributed by atoms with Gasteiger partial charge in [-0.05, 0) is 19.8 Å². The summed E-state index contributed by atoms with van der Waals surface area (Å²) in [6.45, 7) is 6.20. The molecular weight excluding hydrogens is 204 g/mol. The molecule has 0 aliphatic heterocycles. The molecule has 0 saturated heterocycles. The largest absolute Gasteiger partial charge is 0.474 e. The van der Waals surface area contributed by atoms with Gasteiger partial charge < -0.3 is 10.2 Å². The molecular formula is C11H20N4O. The van der Waals surface area contributed by atoms with Crippen LogP contribution in [0.1, 0.15) is 39.2 Å². The first-order valence-corrected chi connectivity index (χ1v) is 5.70. The number of ether oxygens (including phenoxy) is 1. The number of anilines is 1. The fraction of sp³-hybridized carbons (Fsp3) is 0.636. The summed E-state index contributed by atoms with van der Waals surface area (Å²) >= 11 is 0. The summed E-state index contributed by atoms with van der Waals surface area (Å²) in [5.74, 6) is 6.66. The lowest BCUT2D eigenvalue weighted by Crippen LogP contribution is -2.16. The van der Waals surface area contributed by atoms with Gasteiger partial charge in [0.1, 0.15) is 12.1 Å². The first-order chi connectivity index (χ1) is 7.72. The van der Waals surface area contributed by atoms with Gasteiger partial charge in [0.25, 0.3) is 0 Å².